The SMILES string of the molecule is Cc1cc(C2CCCN2C(=O)Cc2csc(Cc3ccccc3)n2)on1. The van der Waals surface area contributed by atoms with Crippen molar-refractivity contribution in [1.82, 2.24) is 15.0 Å². The van der Waals surface area contributed by atoms with Crippen molar-refractivity contribution in [2.75, 3.05) is 6.54 Å². The summed E-state index contributed by atoms with van der Waals surface area (Å²) in [4.78, 5) is 19.4. The van der Waals surface area contributed by atoms with E-state index in [9.17, 15) is 4.79 Å². The first-order chi connectivity index (χ1) is 12.7. The summed E-state index contributed by atoms with van der Waals surface area (Å²) >= 11 is 1.62. The molecule has 0 bridgehead atoms. The minimum Gasteiger partial charge on any atom is -0.359 e. The lowest BCUT2D eigenvalue weighted by atomic mass is 10.1. The highest BCUT2D eigenvalue weighted by molar-refractivity contribution is 7.09. The van der Waals surface area contributed by atoms with Crippen LogP contribution in [0.5, 0.6) is 0 Å². The third-order valence-corrected chi connectivity index (χ3v) is 5.58. The molecule has 1 amide bonds. The molecule has 0 aliphatic carbocycles. The molecule has 6 heteroatoms. The zero-order valence-electron chi connectivity index (χ0n) is 14.7. The number of carbonyl (C=O) groups excluding carboxylic acids is 1. The predicted molar refractivity (Wildman–Crippen MR) is 100.0 cm³/mol. The number of likely N-dealkylation sites (tertiary alicyclic amines) is 1. The van der Waals surface area contributed by atoms with Gasteiger partial charge in [-0.15, -0.1) is 11.3 Å². The van der Waals surface area contributed by atoms with Crippen LogP contribution in [-0.2, 0) is 17.6 Å². The van der Waals surface area contributed by atoms with E-state index in [0.717, 1.165) is 48.0 Å². The second kappa shape index (κ2) is 7.41. The Morgan fingerprint density at radius 1 is 1.35 bits per heavy atom. The molecule has 0 N–H and O–H groups in total. The van der Waals surface area contributed by atoms with Crippen LogP contribution < -0.4 is 0 Å². The minimum atomic E-state index is 0.00567. The zero-order valence-corrected chi connectivity index (χ0v) is 15.5. The van der Waals surface area contributed by atoms with E-state index in [0.29, 0.717) is 6.42 Å². The van der Waals surface area contributed by atoms with Crippen LogP contribution in [0.1, 0.15) is 46.6 Å². The van der Waals surface area contributed by atoms with E-state index in [2.05, 4.69) is 22.3 Å². The molecular formula is C20H21N3O2S. The number of amides is 1. The van der Waals surface area contributed by atoms with Crippen LogP contribution in [0.2, 0.25) is 0 Å². The Morgan fingerprint density at radius 2 is 2.19 bits per heavy atom. The predicted octanol–water partition coefficient (Wildman–Crippen LogP) is 3.94. The van der Waals surface area contributed by atoms with Crippen LogP contribution in [0.4, 0.5) is 0 Å². The Hall–Kier alpha value is -2.47. The van der Waals surface area contributed by atoms with E-state index in [1.54, 1.807) is 11.3 Å². The third-order valence-electron chi connectivity index (χ3n) is 4.68. The first-order valence-corrected chi connectivity index (χ1v) is 9.77. The largest absolute Gasteiger partial charge is 0.359 e. The number of thiazole rings is 1. The minimum absolute atomic E-state index is 0.00567. The molecule has 2 aromatic heterocycles. The second-order valence-electron chi connectivity index (χ2n) is 6.69. The Kier molecular flexibility index (Phi) is 4.84. The maximum atomic E-state index is 12.8. The molecule has 26 heavy (non-hydrogen) atoms. The zero-order chi connectivity index (χ0) is 17.9. The standard InChI is InChI=1S/C20H21N3O2S/c1-14-10-18(25-22-14)17-8-5-9-23(17)20(24)12-16-13-26-19(21-16)11-15-6-3-2-4-7-15/h2-4,6-7,10,13,17H,5,8-9,11-12H2,1H3. The maximum absolute atomic E-state index is 12.8. The summed E-state index contributed by atoms with van der Waals surface area (Å²) in [5.74, 6) is 0.898. The van der Waals surface area contributed by atoms with Crippen LogP contribution in [0, 0.1) is 6.92 Å². The molecule has 1 atom stereocenters. The van der Waals surface area contributed by atoms with E-state index in [1.165, 1.54) is 5.56 Å². The second-order valence-corrected chi connectivity index (χ2v) is 7.63. The Labute approximate surface area is 156 Å². The lowest BCUT2D eigenvalue weighted by Gasteiger charge is -2.22. The molecule has 3 aromatic rings. The van der Waals surface area contributed by atoms with Crippen LogP contribution in [0.3, 0.4) is 0 Å². The van der Waals surface area contributed by atoms with Crippen molar-refractivity contribution in [3.8, 4) is 0 Å². The van der Waals surface area contributed by atoms with Gasteiger partial charge in [0.05, 0.1) is 28.9 Å². The molecule has 1 fully saturated rings. The molecule has 1 aliphatic rings. The van der Waals surface area contributed by atoms with Gasteiger partial charge in [0.1, 0.15) is 0 Å². The van der Waals surface area contributed by atoms with Gasteiger partial charge < -0.3 is 9.42 Å². The maximum Gasteiger partial charge on any atom is 0.229 e. The number of aromatic nitrogens is 2. The van der Waals surface area contributed by atoms with Crippen LogP contribution in [0.15, 0.2) is 46.3 Å². The Morgan fingerprint density at radius 3 is 2.96 bits per heavy atom. The van der Waals surface area contributed by atoms with Gasteiger partial charge in [-0.05, 0) is 25.3 Å². The van der Waals surface area contributed by atoms with E-state index >= 15 is 0 Å². The lowest BCUT2D eigenvalue weighted by Crippen LogP contribution is -2.31. The normalized spacial score (nSPS) is 17.0. The summed E-state index contributed by atoms with van der Waals surface area (Å²) in [7, 11) is 0. The number of hydrogen-bond acceptors (Lipinski definition) is 5. The van der Waals surface area contributed by atoms with E-state index in [1.807, 2.05) is 41.5 Å². The van der Waals surface area contributed by atoms with Gasteiger partial charge in [0.15, 0.2) is 5.76 Å². The highest BCUT2D eigenvalue weighted by atomic mass is 32.1. The van der Waals surface area contributed by atoms with Crippen molar-refractivity contribution < 1.29 is 9.32 Å². The van der Waals surface area contributed by atoms with Crippen molar-refractivity contribution >= 4 is 17.2 Å². The summed E-state index contributed by atoms with van der Waals surface area (Å²) in [6.07, 6.45) is 3.07. The van der Waals surface area contributed by atoms with Crippen molar-refractivity contribution in [2.45, 2.75) is 38.6 Å². The number of aryl methyl sites for hydroxylation is 1. The highest BCUT2D eigenvalue weighted by Gasteiger charge is 2.32. The summed E-state index contributed by atoms with van der Waals surface area (Å²) in [5, 5.41) is 7.00. The molecule has 1 unspecified atom stereocenters. The van der Waals surface area contributed by atoms with Crippen molar-refractivity contribution in [2.24, 2.45) is 0 Å². The third kappa shape index (κ3) is 3.70. The summed E-state index contributed by atoms with van der Waals surface area (Å²) in [6, 6.07) is 12.2. The van der Waals surface area contributed by atoms with E-state index < -0.39 is 0 Å². The number of hydrogen-bond donors (Lipinski definition) is 0. The molecule has 1 saturated heterocycles. The number of nitrogens with zero attached hydrogens (tertiary/aromatic N) is 3. The fourth-order valence-electron chi connectivity index (χ4n) is 3.44. The van der Waals surface area contributed by atoms with Gasteiger partial charge in [0.2, 0.25) is 5.91 Å². The number of carbonyl (C=O) groups is 1. The molecule has 0 radical (unpaired) electrons. The van der Waals surface area contributed by atoms with Crippen molar-refractivity contribution in [3.63, 3.8) is 0 Å². The monoisotopic (exact) mass is 367 g/mol. The lowest BCUT2D eigenvalue weighted by molar-refractivity contribution is -0.131. The van der Waals surface area contributed by atoms with Gasteiger partial charge in [0, 0.05) is 24.4 Å². The fourth-order valence-corrected chi connectivity index (χ4v) is 4.27. The van der Waals surface area contributed by atoms with Gasteiger partial charge in [-0.1, -0.05) is 35.5 Å². The van der Waals surface area contributed by atoms with Gasteiger partial charge >= 0.3 is 0 Å². The van der Waals surface area contributed by atoms with E-state index in [4.69, 9.17) is 4.52 Å². The first kappa shape index (κ1) is 17.0. The summed E-state index contributed by atoms with van der Waals surface area (Å²) in [5.41, 5.74) is 2.94. The Bertz CT molecular complexity index is 887. The average molecular weight is 367 g/mol. The van der Waals surface area contributed by atoms with Crippen LogP contribution in [-0.4, -0.2) is 27.5 Å². The molecule has 5 nitrogen and oxygen atoms in total. The van der Waals surface area contributed by atoms with Gasteiger partial charge in [0.25, 0.3) is 0 Å². The molecule has 4 rings (SSSR count). The number of benzene rings is 1. The topological polar surface area (TPSA) is 59.2 Å². The molecule has 1 aliphatic heterocycles. The molecule has 3 heterocycles. The molecule has 0 spiro atoms. The van der Waals surface area contributed by atoms with Crippen molar-refractivity contribution in [1.29, 1.82) is 0 Å². The number of rotatable bonds is 5. The fraction of sp³-hybridized carbons (Fsp3) is 0.350. The Balaban J connectivity index is 1.41. The summed E-state index contributed by atoms with van der Waals surface area (Å²) in [6.45, 7) is 2.67. The van der Waals surface area contributed by atoms with Gasteiger partial charge in [-0.2, -0.15) is 0 Å². The average Bonchev–Trinajstić information content (AvgIpc) is 3.36. The quantitative estimate of drug-likeness (QED) is 0.685. The van der Waals surface area contributed by atoms with Gasteiger partial charge in [-0.3, -0.25) is 4.79 Å². The smallest absolute Gasteiger partial charge is 0.229 e. The van der Waals surface area contributed by atoms with Crippen LogP contribution >= 0.6 is 11.3 Å². The van der Waals surface area contributed by atoms with Gasteiger partial charge in [-0.25, -0.2) is 4.98 Å². The highest BCUT2D eigenvalue weighted by Crippen LogP contribution is 2.32. The van der Waals surface area contributed by atoms with E-state index in [-0.39, 0.29) is 11.9 Å². The van der Waals surface area contributed by atoms with Crippen molar-refractivity contribution in [3.05, 3.63) is 69.5 Å². The summed E-state index contributed by atoms with van der Waals surface area (Å²) < 4.78 is 5.39. The van der Waals surface area contributed by atoms with Crippen LogP contribution in [0.25, 0.3) is 0 Å². The molecular weight excluding hydrogens is 346 g/mol. The molecule has 1 aromatic carbocycles. The first-order valence-electron chi connectivity index (χ1n) is 8.89. The molecule has 134 valence electrons. The molecule has 0 saturated carbocycles.